The molecule has 0 atom stereocenters. The number of ether oxygens (including phenoxy) is 1. The average Bonchev–Trinajstić information content (AvgIpc) is 2.53. The molecule has 1 aromatic rings. The third-order valence-electron chi connectivity index (χ3n) is 3.64. The van der Waals surface area contributed by atoms with Crippen molar-refractivity contribution in [3.8, 4) is 0 Å². The molecule has 1 saturated heterocycles. The molecule has 0 unspecified atom stereocenters. The van der Waals surface area contributed by atoms with Crippen LogP contribution in [0, 0.1) is 0 Å². The maximum atomic E-state index is 12.1. The fourth-order valence-electron chi connectivity index (χ4n) is 2.40. The number of carbonyl (C=O) groups is 2. The van der Waals surface area contributed by atoms with Crippen molar-refractivity contribution < 1.29 is 14.3 Å². The number of methoxy groups -OCH3 is 1. The molecule has 126 valence electrons. The fourth-order valence-corrected chi connectivity index (χ4v) is 2.92. The Hall–Kier alpha value is -1.50. The van der Waals surface area contributed by atoms with Crippen molar-refractivity contribution in [2.24, 2.45) is 0 Å². The Balaban J connectivity index is 1.73. The number of halogens is 2. The summed E-state index contributed by atoms with van der Waals surface area (Å²) in [6.45, 7) is 4.01. The number of hydrogen-bond acceptors (Lipinski definition) is 4. The smallest absolute Gasteiger partial charge is 0.409 e. The van der Waals surface area contributed by atoms with E-state index >= 15 is 0 Å². The van der Waals surface area contributed by atoms with E-state index < -0.39 is 0 Å². The van der Waals surface area contributed by atoms with Crippen LogP contribution in [0.25, 0.3) is 0 Å². The van der Waals surface area contributed by atoms with Crippen molar-refractivity contribution in [1.82, 2.24) is 15.1 Å². The van der Waals surface area contributed by atoms with Gasteiger partial charge >= 0.3 is 6.09 Å². The lowest BCUT2D eigenvalue weighted by Gasteiger charge is -2.33. The molecular formula is C15H19Cl2N3O3. The molecule has 1 N–H and O–H groups in total. The van der Waals surface area contributed by atoms with Crippen molar-refractivity contribution in [2.45, 2.75) is 0 Å². The molecule has 0 saturated carbocycles. The van der Waals surface area contributed by atoms with Crippen LogP contribution >= 0.6 is 23.2 Å². The Labute approximate surface area is 145 Å². The van der Waals surface area contributed by atoms with Gasteiger partial charge in [-0.3, -0.25) is 9.69 Å². The van der Waals surface area contributed by atoms with Crippen molar-refractivity contribution in [2.75, 3.05) is 46.4 Å². The van der Waals surface area contributed by atoms with Gasteiger partial charge in [-0.05, 0) is 18.2 Å². The highest BCUT2D eigenvalue weighted by atomic mass is 35.5. The van der Waals surface area contributed by atoms with Crippen LogP contribution in [0.3, 0.4) is 0 Å². The minimum atomic E-state index is -0.296. The summed E-state index contributed by atoms with van der Waals surface area (Å²) in [5.74, 6) is -0.206. The van der Waals surface area contributed by atoms with E-state index in [2.05, 4.69) is 10.2 Å². The Morgan fingerprint density at radius 2 is 1.74 bits per heavy atom. The van der Waals surface area contributed by atoms with Crippen LogP contribution in [0.4, 0.5) is 4.79 Å². The highest BCUT2D eigenvalue weighted by molar-refractivity contribution is 6.35. The molecule has 2 rings (SSSR count). The molecule has 0 aromatic heterocycles. The predicted octanol–water partition coefficient (Wildman–Crippen LogP) is 2.11. The van der Waals surface area contributed by atoms with E-state index in [0.29, 0.717) is 35.2 Å². The van der Waals surface area contributed by atoms with E-state index in [1.165, 1.54) is 7.11 Å². The number of hydrogen-bond donors (Lipinski definition) is 1. The topological polar surface area (TPSA) is 61.9 Å². The van der Waals surface area contributed by atoms with Crippen LogP contribution in [0.5, 0.6) is 0 Å². The third-order valence-corrected chi connectivity index (χ3v) is 4.08. The molecule has 6 nitrogen and oxygen atoms in total. The number of amides is 2. The number of piperazine rings is 1. The third kappa shape index (κ3) is 5.27. The molecule has 0 radical (unpaired) electrons. The van der Waals surface area contributed by atoms with Crippen LogP contribution in [0.1, 0.15) is 10.4 Å². The van der Waals surface area contributed by atoms with Gasteiger partial charge in [0.15, 0.2) is 0 Å². The minimum Gasteiger partial charge on any atom is -0.453 e. The van der Waals surface area contributed by atoms with Crippen molar-refractivity contribution >= 4 is 35.2 Å². The molecule has 23 heavy (non-hydrogen) atoms. The van der Waals surface area contributed by atoms with Gasteiger partial charge in [0.05, 0.1) is 7.11 Å². The lowest BCUT2D eigenvalue weighted by Crippen LogP contribution is -2.50. The molecule has 0 bridgehead atoms. The highest BCUT2D eigenvalue weighted by Crippen LogP contribution is 2.18. The van der Waals surface area contributed by atoms with E-state index in [-0.39, 0.29) is 12.0 Å². The first kappa shape index (κ1) is 17.8. The molecule has 0 aliphatic carbocycles. The molecule has 0 spiro atoms. The van der Waals surface area contributed by atoms with Crippen LogP contribution in [-0.4, -0.2) is 68.2 Å². The summed E-state index contributed by atoms with van der Waals surface area (Å²) in [5, 5.41) is 3.71. The second kappa shape index (κ2) is 8.38. The first-order valence-electron chi connectivity index (χ1n) is 7.29. The number of carbonyl (C=O) groups excluding carboxylic acids is 2. The van der Waals surface area contributed by atoms with Crippen LogP contribution < -0.4 is 5.32 Å². The van der Waals surface area contributed by atoms with Gasteiger partial charge in [0.1, 0.15) is 0 Å². The summed E-state index contributed by atoms with van der Waals surface area (Å²) in [7, 11) is 1.38. The average molecular weight is 360 g/mol. The molecule has 8 heteroatoms. The Morgan fingerprint density at radius 1 is 1.13 bits per heavy atom. The maximum Gasteiger partial charge on any atom is 0.409 e. The maximum absolute atomic E-state index is 12.1. The van der Waals surface area contributed by atoms with E-state index in [9.17, 15) is 9.59 Å². The molecule has 1 fully saturated rings. The molecule has 1 heterocycles. The van der Waals surface area contributed by atoms with Gasteiger partial charge in [-0.1, -0.05) is 23.2 Å². The molecule has 1 aliphatic heterocycles. The van der Waals surface area contributed by atoms with Gasteiger partial charge in [-0.2, -0.15) is 0 Å². The Bertz CT molecular complexity index is 555. The Kier molecular flexibility index (Phi) is 6.50. The van der Waals surface area contributed by atoms with Gasteiger partial charge in [-0.15, -0.1) is 0 Å². The second-order valence-corrected chi connectivity index (χ2v) is 6.09. The number of benzene rings is 1. The second-order valence-electron chi connectivity index (χ2n) is 5.21. The van der Waals surface area contributed by atoms with Gasteiger partial charge in [0.25, 0.3) is 5.91 Å². The summed E-state index contributed by atoms with van der Waals surface area (Å²) in [4.78, 5) is 27.3. The van der Waals surface area contributed by atoms with Crippen LogP contribution in [-0.2, 0) is 4.74 Å². The summed E-state index contributed by atoms with van der Waals surface area (Å²) in [5.41, 5.74) is 0.443. The largest absolute Gasteiger partial charge is 0.453 e. The van der Waals surface area contributed by atoms with Crippen LogP contribution in [0.15, 0.2) is 18.2 Å². The van der Waals surface area contributed by atoms with E-state index in [4.69, 9.17) is 27.9 Å². The summed E-state index contributed by atoms with van der Waals surface area (Å²) in [6.07, 6.45) is -0.296. The van der Waals surface area contributed by atoms with Gasteiger partial charge < -0.3 is 15.0 Å². The highest BCUT2D eigenvalue weighted by Gasteiger charge is 2.21. The normalized spacial score (nSPS) is 15.3. The van der Waals surface area contributed by atoms with Gasteiger partial charge in [0, 0.05) is 54.9 Å². The zero-order valence-electron chi connectivity index (χ0n) is 12.8. The molecule has 1 aromatic carbocycles. The summed E-state index contributed by atoms with van der Waals surface area (Å²) >= 11 is 11.8. The zero-order valence-corrected chi connectivity index (χ0v) is 14.4. The number of rotatable bonds is 4. The minimum absolute atomic E-state index is 0.206. The fraction of sp³-hybridized carbons (Fsp3) is 0.467. The monoisotopic (exact) mass is 359 g/mol. The lowest BCUT2D eigenvalue weighted by atomic mass is 10.2. The standard InChI is InChI=1S/C15H19Cl2N3O3/c1-23-15(22)20-6-4-19(5-7-20)3-2-18-14(21)11-8-12(16)10-13(17)9-11/h8-10H,2-7H2,1H3,(H,18,21). The zero-order chi connectivity index (χ0) is 16.8. The number of nitrogens with one attached hydrogen (secondary N) is 1. The van der Waals surface area contributed by atoms with Crippen LogP contribution in [0.2, 0.25) is 10.0 Å². The van der Waals surface area contributed by atoms with E-state index in [1.54, 1.807) is 23.1 Å². The first-order valence-corrected chi connectivity index (χ1v) is 8.04. The van der Waals surface area contributed by atoms with Crippen molar-refractivity contribution in [3.63, 3.8) is 0 Å². The molecule has 2 amide bonds. The predicted molar refractivity (Wildman–Crippen MR) is 89.2 cm³/mol. The number of nitrogens with zero attached hydrogens (tertiary/aromatic N) is 2. The summed E-state index contributed by atoms with van der Waals surface area (Å²) in [6, 6.07) is 4.75. The molecular weight excluding hydrogens is 341 g/mol. The first-order chi connectivity index (χ1) is 11.0. The quantitative estimate of drug-likeness (QED) is 0.894. The van der Waals surface area contributed by atoms with Gasteiger partial charge in [0.2, 0.25) is 0 Å². The van der Waals surface area contributed by atoms with E-state index in [0.717, 1.165) is 19.6 Å². The van der Waals surface area contributed by atoms with Crippen molar-refractivity contribution in [1.29, 1.82) is 0 Å². The van der Waals surface area contributed by atoms with Crippen molar-refractivity contribution in [3.05, 3.63) is 33.8 Å². The van der Waals surface area contributed by atoms with E-state index in [1.807, 2.05) is 0 Å². The van der Waals surface area contributed by atoms with Gasteiger partial charge in [-0.25, -0.2) is 4.79 Å². The lowest BCUT2D eigenvalue weighted by molar-refractivity contribution is 0.0885. The Morgan fingerprint density at radius 3 is 2.30 bits per heavy atom. The SMILES string of the molecule is COC(=O)N1CCN(CCNC(=O)c2cc(Cl)cc(Cl)c2)CC1. The summed E-state index contributed by atoms with van der Waals surface area (Å²) < 4.78 is 4.70. The molecule has 1 aliphatic rings.